The Labute approximate surface area is 165 Å². The van der Waals surface area contributed by atoms with Crippen LogP contribution in [0.2, 0.25) is 5.02 Å². The minimum Gasteiger partial charge on any atom is -0.390 e. The molecule has 1 saturated carbocycles. The average molecular weight is 403 g/mol. The summed E-state index contributed by atoms with van der Waals surface area (Å²) in [5, 5.41) is 24.1. The van der Waals surface area contributed by atoms with Gasteiger partial charge >= 0.3 is 0 Å². The van der Waals surface area contributed by atoms with E-state index in [2.05, 4.69) is 21.4 Å². The van der Waals surface area contributed by atoms with Crippen molar-refractivity contribution in [2.75, 3.05) is 11.1 Å². The van der Waals surface area contributed by atoms with Gasteiger partial charge in [-0.15, -0.1) is 11.8 Å². The van der Waals surface area contributed by atoms with E-state index in [0.717, 1.165) is 28.6 Å². The summed E-state index contributed by atoms with van der Waals surface area (Å²) >= 11 is 7.65. The minimum absolute atomic E-state index is 0.189. The van der Waals surface area contributed by atoms with E-state index in [1.807, 2.05) is 28.8 Å². The predicted molar refractivity (Wildman–Crippen MR) is 106 cm³/mol. The molecular formula is C19H19ClN4O2S. The van der Waals surface area contributed by atoms with Crippen LogP contribution in [0.25, 0.3) is 5.65 Å². The third kappa shape index (κ3) is 3.08. The maximum atomic E-state index is 10.2. The number of fused-ring (bicyclic) bond motifs is 1. The Hall–Kier alpha value is -1.80. The molecule has 0 spiro atoms. The van der Waals surface area contributed by atoms with Gasteiger partial charge in [0.1, 0.15) is 0 Å². The molecule has 1 aromatic carbocycles. The van der Waals surface area contributed by atoms with Crippen LogP contribution in [0.4, 0.5) is 5.82 Å². The Kier molecular flexibility index (Phi) is 4.27. The Morgan fingerprint density at radius 3 is 2.93 bits per heavy atom. The molecule has 1 aliphatic heterocycles. The second-order valence-corrected chi connectivity index (χ2v) is 8.72. The van der Waals surface area contributed by atoms with E-state index in [0.29, 0.717) is 17.7 Å². The van der Waals surface area contributed by atoms with E-state index < -0.39 is 12.2 Å². The van der Waals surface area contributed by atoms with Crippen molar-refractivity contribution in [1.82, 2.24) is 14.4 Å². The fraction of sp³-hybridized carbons (Fsp3) is 0.368. The molecule has 0 amide bonds. The van der Waals surface area contributed by atoms with E-state index in [4.69, 9.17) is 11.6 Å². The molecule has 3 heterocycles. The second-order valence-electron chi connectivity index (χ2n) is 7.11. The number of imidazole rings is 1. The van der Waals surface area contributed by atoms with Crippen LogP contribution in [0, 0.1) is 0 Å². The van der Waals surface area contributed by atoms with Crippen molar-refractivity contribution in [2.45, 2.75) is 35.8 Å². The number of thioether (sulfide) groups is 1. The molecule has 5 atom stereocenters. The van der Waals surface area contributed by atoms with Gasteiger partial charge in [-0.1, -0.05) is 23.7 Å². The molecule has 0 unspecified atom stereocenters. The lowest BCUT2D eigenvalue weighted by atomic mass is 10.1. The molecule has 27 heavy (non-hydrogen) atoms. The van der Waals surface area contributed by atoms with Gasteiger partial charge in [0.15, 0.2) is 11.5 Å². The van der Waals surface area contributed by atoms with Crippen LogP contribution in [0.1, 0.15) is 28.8 Å². The van der Waals surface area contributed by atoms with Crippen molar-refractivity contribution in [3.05, 3.63) is 59.1 Å². The summed E-state index contributed by atoms with van der Waals surface area (Å²) < 4.78 is 1.95. The van der Waals surface area contributed by atoms with Gasteiger partial charge in [-0.25, -0.2) is 9.97 Å². The van der Waals surface area contributed by atoms with Gasteiger partial charge in [0.25, 0.3) is 0 Å². The lowest BCUT2D eigenvalue weighted by Gasteiger charge is -2.15. The van der Waals surface area contributed by atoms with Gasteiger partial charge in [-0.2, -0.15) is 0 Å². The summed E-state index contributed by atoms with van der Waals surface area (Å²) in [7, 11) is 0. The number of anilines is 1. The van der Waals surface area contributed by atoms with Crippen LogP contribution in [0.3, 0.4) is 0 Å². The SMILES string of the molecule is O[C@@H]1[C@H](O)CS[C@H]1c1cnc2c(N[C@H]3C[C@@H]3c3cccc(Cl)c3)nccn12. The minimum atomic E-state index is -0.782. The second kappa shape index (κ2) is 6.67. The van der Waals surface area contributed by atoms with E-state index in [1.165, 1.54) is 5.56 Å². The fourth-order valence-corrected chi connectivity index (χ4v) is 5.27. The van der Waals surface area contributed by atoms with Crippen LogP contribution in [0.5, 0.6) is 0 Å². The van der Waals surface area contributed by atoms with Gasteiger partial charge in [0, 0.05) is 35.1 Å². The number of halogens is 1. The Balaban J connectivity index is 1.39. The quantitative estimate of drug-likeness (QED) is 0.622. The standard InChI is InChI=1S/C19H19ClN4O2S/c20-11-3-1-2-10(6-11)12-7-13(12)23-18-19-22-8-14(24(19)5-4-21-18)17-16(26)15(25)9-27-17/h1-6,8,12-13,15-17,25-26H,7,9H2,(H,21,23)/t12-,13+,15-,16-,17+/m1/s1. The number of aliphatic hydroxyl groups excluding tert-OH is 2. The summed E-state index contributed by atoms with van der Waals surface area (Å²) in [5.74, 6) is 1.68. The predicted octanol–water partition coefficient (Wildman–Crippen LogP) is 2.86. The number of aliphatic hydroxyl groups is 2. The van der Waals surface area contributed by atoms with Crippen molar-refractivity contribution in [3.8, 4) is 0 Å². The number of hydrogen-bond acceptors (Lipinski definition) is 6. The number of aromatic nitrogens is 3. The first-order chi connectivity index (χ1) is 13.1. The van der Waals surface area contributed by atoms with Crippen molar-refractivity contribution in [2.24, 2.45) is 0 Å². The Morgan fingerprint density at radius 2 is 2.15 bits per heavy atom. The van der Waals surface area contributed by atoms with Gasteiger partial charge in [0.2, 0.25) is 0 Å². The molecule has 5 rings (SSSR count). The molecule has 8 heteroatoms. The highest BCUT2D eigenvalue weighted by molar-refractivity contribution is 7.99. The highest BCUT2D eigenvalue weighted by atomic mass is 35.5. The van der Waals surface area contributed by atoms with Crippen LogP contribution in [0.15, 0.2) is 42.9 Å². The molecule has 140 valence electrons. The summed E-state index contributed by atoms with van der Waals surface area (Å²) in [5.41, 5.74) is 2.85. The van der Waals surface area contributed by atoms with Gasteiger partial charge in [-0.05, 0) is 24.1 Å². The number of benzene rings is 1. The molecule has 2 aliphatic rings. The third-order valence-electron chi connectivity index (χ3n) is 5.29. The van der Waals surface area contributed by atoms with Crippen LogP contribution in [-0.2, 0) is 0 Å². The first-order valence-electron chi connectivity index (χ1n) is 8.93. The zero-order valence-electron chi connectivity index (χ0n) is 14.4. The van der Waals surface area contributed by atoms with Gasteiger partial charge in [0.05, 0.1) is 29.3 Å². The van der Waals surface area contributed by atoms with E-state index >= 15 is 0 Å². The molecule has 0 bridgehead atoms. The molecule has 3 aromatic rings. The topological polar surface area (TPSA) is 82.7 Å². The third-order valence-corrected chi connectivity index (χ3v) is 6.94. The summed E-state index contributed by atoms with van der Waals surface area (Å²) in [6, 6.07) is 8.28. The molecular weight excluding hydrogens is 384 g/mol. The maximum Gasteiger partial charge on any atom is 0.180 e. The van der Waals surface area contributed by atoms with E-state index in [1.54, 1.807) is 24.2 Å². The number of nitrogens with zero attached hydrogens (tertiary/aromatic N) is 3. The zero-order chi connectivity index (χ0) is 18.5. The molecule has 2 fully saturated rings. The molecule has 0 radical (unpaired) electrons. The lowest BCUT2D eigenvalue weighted by molar-refractivity contribution is 0.0411. The van der Waals surface area contributed by atoms with Crippen molar-refractivity contribution >= 4 is 34.8 Å². The monoisotopic (exact) mass is 402 g/mol. The lowest BCUT2D eigenvalue weighted by Crippen LogP contribution is -2.25. The first-order valence-corrected chi connectivity index (χ1v) is 10.4. The van der Waals surface area contributed by atoms with Gasteiger partial charge in [-0.3, -0.25) is 4.40 Å². The van der Waals surface area contributed by atoms with Crippen molar-refractivity contribution < 1.29 is 10.2 Å². The molecule has 1 saturated heterocycles. The summed E-state index contributed by atoms with van der Waals surface area (Å²) in [6.07, 6.45) is 4.90. The summed E-state index contributed by atoms with van der Waals surface area (Å²) in [4.78, 5) is 8.99. The van der Waals surface area contributed by atoms with Gasteiger partial charge < -0.3 is 15.5 Å². The highest BCUT2D eigenvalue weighted by Gasteiger charge is 2.40. The largest absolute Gasteiger partial charge is 0.390 e. The number of hydrogen-bond donors (Lipinski definition) is 3. The fourth-order valence-electron chi connectivity index (χ4n) is 3.75. The smallest absolute Gasteiger partial charge is 0.180 e. The Bertz CT molecular complexity index is 997. The van der Waals surface area contributed by atoms with E-state index in [-0.39, 0.29) is 5.25 Å². The Morgan fingerprint density at radius 1 is 1.26 bits per heavy atom. The van der Waals surface area contributed by atoms with Crippen molar-refractivity contribution in [1.29, 1.82) is 0 Å². The highest BCUT2D eigenvalue weighted by Crippen LogP contribution is 2.44. The van der Waals surface area contributed by atoms with Crippen molar-refractivity contribution in [3.63, 3.8) is 0 Å². The van der Waals surface area contributed by atoms with Crippen LogP contribution >= 0.6 is 23.4 Å². The average Bonchev–Trinajstić information content (AvgIpc) is 3.17. The maximum absolute atomic E-state index is 10.2. The summed E-state index contributed by atoms with van der Waals surface area (Å²) in [6.45, 7) is 0. The number of rotatable bonds is 4. The molecule has 3 N–H and O–H groups in total. The van der Waals surface area contributed by atoms with Crippen LogP contribution in [-0.4, -0.2) is 48.6 Å². The van der Waals surface area contributed by atoms with Crippen LogP contribution < -0.4 is 5.32 Å². The zero-order valence-corrected chi connectivity index (χ0v) is 15.9. The molecule has 1 aliphatic carbocycles. The molecule has 2 aromatic heterocycles. The number of nitrogens with one attached hydrogen (secondary N) is 1. The van der Waals surface area contributed by atoms with E-state index in [9.17, 15) is 10.2 Å². The molecule has 6 nitrogen and oxygen atoms in total. The first kappa shape index (κ1) is 17.3. The normalized spacial score (nSPS) is 30.0.